The van der Waals surface area contributed by atoms with Crippen molar-refractivity contribution in [1.29, 1.82) is 0 Å². The molecule has 0 radical (unpaired) electrons. The van der Waals surface area contributed by atoms with E-state index in [9.17, 15) is 5.11 Å². The lowest BCUT2D eigenvalue weighted by atomic mass is 10.4. The van der Waals surface area contributed by atoms with Crippen molar-refractivity contribution in [1.82, 2.24) is 0 Å². The van der Waals surface area contributed by atoms with Crippen molar-refractivity contribution in [3.8, 4) is 0 Å². The predicted octanol–water partition coefficient (Wildman–Crippen LogP) is 6.01. The normalized spacial score (nSPS) is 11.4. The Hall–Kier alpha value is -1.33. The maximum absolute atomic E-state index is 10.3. The summed E-state index contributed by atoms with van der Waals surface area (Å²) in [4.78, 5) is 3.45. The third-order valence-electron chi connectivity index (χ3n) is 3.24. The summed E-state index contributed by atoms with van der Waals surface area (Å²) in [6.45, 7) is 0.0612. The van der Waals surface area contributed by atoms with Gasteiger partial charge >= 0.3 is 0 Å². The number of hydrogen-bond acceptors (Lipinski definition) is 4. The van der Waals surface area contributed by atoms with Crippen molar-refractivity contribution < 1.29 is 5.11 Å². The van der Waals surface area contributed by atoms with Crippen molar-refractivity contribution in [2.24, 2.45) is 0 Å². The lowest BCUT2D eigenvalue weighted by molar-refractivity contribution is 0.309. The summed E-state index contributed by atoms with van der Waals surface area (Å²) in [7, 11) is 0. The van der Waals surface area contributed by atoms with Gasteiger partial charge in [-0.05, 0) is 36.4 Å². The molecule has 0 fully saturated rings. The second kappa shape index (κ2) is 8.67. The highest BCUT2D eigenvalue weighted by atomic mass is 32.3. The summed E-state index contributed by atoms with van der Waals surface area (Å²) in [6, 6.07) is 30.8. The van der Waals surface area contributed by atoms with E-state index in [1.807, 2.05) is 54.6 Å². The molecule has 0 saturated carbocycles. The molecule has 0 heterocycles. The number of benzene rings is 3. The smallest absolute Gasteiger partial charge is 0.143 e. The summed E-state index contributed by atoms with van der Waals surface area (Å²) in [5, 5.41) is 10.3. The zero-order chi connectivity index (χ0) is 16.7. The van der Waals surface area contributed by atoms with Crippen molar-refractivity contribution in [2.45, 2.75) is 18.1 Å². The van der Waals surface area contributed by atoms with Crippen molar-refractivity contribution >= 4 is 35.3 Å². The van der Waals surface area contributed by atoms with Crippen LogP contribution in [-0.2, 0) is 0 Å². The fraction of sp³-hybridized carbons (Fsp3) is 0.100. The van der Waals surface area contributed by atoms with Crippen molar-refractivity contribution in [3.63, 3.8) is 0 Å². The van der Waals surface area contributed by atoms with Gasteiger partial charge in [0.1, 0.15) is 3.41 Å². The molecule has 0 aromatic heterocycles. The second-order valence-electron chi connectivity index (χ2n) is 5.09. The molecule has 1 nitrogen and oxygen atoms in total. The fourth-order valence-electron chi connectivity index (χ4n) is 2.16. The summed E-state index contributed by atoms with van der Waals surface area (Å²) in [5.41, 5.74) is 0. The lowest BCUT2D eigenvalue weighted by Crippen LogP contribution is -2.20. The van der Waals surface area contributed by atoms with Gasteiger partial charge in [-0.3, -0.25) is 0 Å². The van der Waals surface area contributed by atoms with Gasteiger partial charge in [-0.1, -0.05) is 89.9 Å². The third-order valence-corrected chi connectivity index (χ3v) is 7.59. The molecule has 0 saturated heterocycles. The van der Waals surface area contributed by atoms with Crippen LogP contribution in [0, 0.1) is 0 Å². The Labute approximate surface area is 155 Å². The molecule has 0 aliphatic heterocycles. The SMILES string of the molecule is OCC(Sc1ccccc1)(Sc1ccccc1)Sc1ccccc1. The van der Waals surface area contributed by atoms with Gasteiger partial charge in [-0.2, -0.15) is 0 Å². The van der Waals surface area contributed by atoms with E-state index in [1.165, 1.54) is 0 Å². The predicted molar refractivity (Wildman–Crippen MR) is 107 cm³/mol. The Bertz CT molecular complexity index is 631. The Balaban J connectivity index is 1.91. The highest BCUT2D eigenvalue weighted by molar-refractivity contribution is 8.33. The summed E-state index contributed by atoms with van der Waals surface area (Å²) < 4.78 is -0.440. The number of hydrogen-bond donors (Lipinski definition) is 1. The van der Waals surface area contributed by atoms with E-state index < -0.39 is 3.41 Å². The molecule has 3 aromatic carbocycles. The topological polar surface area (TPSA) is 20.2 Å². The zero-order valence-electron chi connectivity index (χ0n) is 13.0. The summed E-state index contributed by atoms with van der Waals surface area (Å²) in [5.74, 6) is 0. The van der Waals surface area contributed by atoms with E-state index in [0.29, 0.717) is 0 Å². The van der Waals surface area contributed by atoms with E-state index in [1.54, 1.807) is 35.3 Å². The summed E-state index contributed by atoms with van der Waals surface area (Å²) >= 11 is 5.11. The van der Waals surface area contributed by atoms with Crippen molar-refractivity contribution in [2.75, 3.05) is 6.61 Å². The molecule has 0 spiro atoms. The van der Waals surface area contributed by atoms with Gasteiger partial charge in [-0.15, -0.1) is 0 Å². The van der Waals surface area contributed by atoms with Gasteiger partial charge in [0.05, 0.1) is 6.61 Å². The average Bonchev–Trinajstić information content (AvgIpc) is 2.64. The van der Waals surface area contributed by atoms with Gasteiger partial charge < -0.3 is 5.11 Å². The minimum Gasteiger partial charge on any atom is -0.393 e. The highest BCUT2D eigenvalue weighted by Gasteiger charge is 2.34. The molecule has 0 amide bonds. The number of aliphatic hydroxyl groups excluding tert-OH is 1. The minimum absolute atomic E-state index is 0.0612. The number of rotatable bonds is 7. The van der Waals surface area contributed by atoms with E-state index >= 15 is 0 Å². The average molecular weight is 371 g/mol. The van der Waals surface area contributed by atoms with Gasteiger partial charge in [-0.25, -0.2) is 0 Å². The first-order valence-corrected chi connectivity index (χ1v) is 10.1. The van der Waals surface area contributed by atoms with Crippen LogP contribution in [0.1, 0.15) is 0 Å². The van der Waals surface area contributed by atoms with Crippen LogP contribution < -0.4 is 0 Å². The Morgan fingerprint density at radius 3 is 1.08 bits per heavy atom. The van der Waals surface area contributed by atoms with Crippen LogP contribution in [-0.4, -0.2) is 15.1 Å². The molecule has 3 rings (SSSR count). The first-order chi connectivity index (χ1) is 11.8. The molecule has 122 valence electrons. The molecular weight excluding hydrogens is 352 g/mol. The minimum atomic E-state index is -0.440. The molecule has 24 heavy (non-hydrogen) atoms. The van der Waals surface area contributed by atoms with Crippen LogP contribution in [0.25, 0.3) is 0 Å². The maximum Gasteiger partial charge on any atom is 0.143 e. The molecule has 0 aliphatic carbocycles. The van der Waals surface area contributed by atoms with Crippen LogP contribution in [0.5, 0.6) is 0 Å². The van der Waals surface area contributed by atoms with Crippen LogP contribution in [0.3, 0.4) is 0 Å². The number of aliphatic hydroxyl groups is 1. The monoisotopic (exact) mass is 370 g/mol. The van der Waals surface area contributed by atoms with E-state index in [0.717, 1.165) is 14.7 Å². The standard InChI is InChI=1S/C20H18OS3/c21-16-20(22-17-10-4-1-5-11-17,23-18-12-6-2-7-13-18)24-19-14-8-3-9-15-19/h1-15,21H,16H2. The van der Waals surface area contributed by atoms with Gasteiger partial charge in [0.15, 0.2) is 0 Å². The van der Waals surface area contributed by atoms with E-state index in [-0.39, 0.29) is 6.61 Å². The second-order valence-corrected chi connectivity index (χ2v) is 9.98. The van der Waals surface area contributed by atoms with Crippen LogP contribution in [0.2, 0.25) is 0 Å². The van der Waals surface area contributed by atoms with Crippen LogP contribution >= 0.6 is 35.3 Å². The Kier molecular flexibility index (Phi) is 6.32. The molecule has 0 aliphatic rings. The quantitative estimate of drug-likeness (QED) is 0.406. The van der Waals surface area contributed by atoms with Gasteiger partial charge in [0.2, 0.25) is 0 Å². The van der Waals surface area contributed by atoms with Crippen LogP contribution in [0.4, 0.5) is 0 Å². The molecule has 0 bridgehead atoms. The fourth-order valence-corrected chi connectivity index (χ4v) is 6.55. The first-order valence-electron chi connectivity index (χ1n) is 7.63. The largest absolute Gasteiger partial charge is 0.393 e. The lowest BCUT2D eigenvalue weighted by Gasteiger charge is -2.30. The van der Waals surface area contributed by atoms with E-state index in [4.69, 9.17) is 0 Å². The zero-order valence-corrected chi connectivity index (χ0v) is 15.5. The molecule has 3 aromatic rings. The number of thioether (sulfide) groups is 3. The molecular formula is C20H18OS3. The highest BCUT2D eigenvalue weighted by Crippen LogP contribution is 2.54. The first kappa shape index (κ1) is 17.5. The Morgan fingerprint density at radius 2 is 0.833 bits per heavy atom. The molecule has 0 atom stereocenters. The Morgan fingerprint density at radius 1 is 0.542 bits per heavy atom. The third kappa shape index (κ3) is 4.84. The van der Waals surface area contributed by atoms with Gasteiger partial charge in [0, 0.05) is 14.7 Å². The molecule has 0 unspecified atom stereocenters. The van der Waals surface area contributed by atoms with Crippen LogP contribution in [0.15, 0.2) is 106 Å². The van der Waals surface area contributed by atoms with Crippen molar-refractivity contribution in [3.05, 3.63) is 91.0 Å². The molecule has 4 heteroatoms. The van der Waals surface area contributed by atoms with Gasteiger partial charge in [0.25, 0.3) is 0 Å². The molecule has 1 N–H and O–H groups in total. The maximum atomic E-state index is 10.3. The summed E-state index contributed by atoms with van der Waals surface area (Å²) in [6.07, 6.45) is 0. The van der Waals surface area contributed by atoms with E-state index in [2.05, 4.69) is 36.4 Å².